The maximum absolute atomic E-state index is 5.53. The monoisotopic (exact) mass is 269 g/mol. The van der Waals surface area contributed by atoms with Crippen molar-refractivity contribution in [3.8, 4) is 0 Å². The van der Waals surface area contributed by atoms with Gasteiger partial charge in [0, 0.05) is 24.6 Å². The second-order valence-electron chi connectivity index (χ2n) is 8.68. The number of ether oxygens (including phenoxy) is 1. The predicted octanol–water partition coefficient (Wildman–Crippen LogP) is 4.24. The van der Waals surface area contributed by atoms with Gasteiger partial charge in [-0.3, -0.25) is 0 Å². The highest BCUT2D eigenvalue weighted by molar-refractivity contribution is 4.91. The van der Waals surface area contributed by atoms with E-state index in [9.17, 15) is 0 Å². The molecule has 0 saturated heterocycles. The van der Waals surface area contributed by atoms with Crippen LogP contribution in [0.15, 0.2) is 0 Å². The average molecular weight is 269 g/mol. The summed E-state index contributed by atoms with van der Waals surface area (Å²) < 4.78 is 5.53. The molecule has 2 nitrogen and oxygen atoms in total. The quantitative estimate of drug-likeness (QED) is 0.824. The molecule has 1 saturated carbocycles. The Labute approximate surface area is 120 Å². The Morgan fingerprint density at radius 2 is 1.58 bits per heavy atom. The fraction of sp³-hybridized carbons (Fsp3) is 1.00. The van der Waals surface area contributed by atoms with Gasteiger partial charge in [0.15, 0.2) is 0 Å². The van der Waals surface area contributed by atoms with Gasteiger partial charge in [0.25, 0.3) is 0 Å². The predicted molar refractivity (Wildman–Crippen MR) is 83.5 cm³/mol. The van der Waals surface area contributed by atoms with Gasteiger partial charge in [-0.15, -0.1) is 0 Å². The van der Waals surface area contributed by atoms with Gasteiger partial charge in [-0.1, -0.05) is 20.8 Å². The number of nitrogens with one attached hydrogen (secondary N) is 1. The second-order valence-corrected chi connectivity index (χ2v) is 8.68. The molecule has 1 aliphatic carbocycles. The highest BCUT2D eigenvalue weighted by Gasteiger charge is 2.39. The van der Waals surface area contributed by atoms with Gasteiger partial charge in [-0.05, 0) is 57.8 Å². The highest BCUT2D eigenvalue weighted by Crippen LogP contribution is 2.45. The minimum atomic E-state index is 0.196. The summed E-state index contributed by atoms with van der Waals surface area (Å²) in [4.78, 5) is 0. The molecule has 1 aliphatic rings. The van der Waals surface area contributed by atoms with Gasteiger partial charge in [0.05, 0.1) is 6.61 Å². The number of methoxy groups -OCH3 is 1. The molecule has 2 heteroatoms. The van der Waals surface area contributed by atoms with Crippen LogP contribution in [0.25, 0.3) is 0 Å². The lowest BCUT2D eigenvalue weighted by Gasteiger charge is -2.45. The van der Waals surface area contributed by atoms with Crippen molar-refractivity contribution in [2.24, 2.45) is 16.7 Å². The van der Waals surface area contributed by atoms with Crippen LogP contribution < -0.4 is 5.32 Å². The zero-order valence-corrected chi connectivity index (χ0v) is 14.2. The molecule has 114 valence electrons. The first-order valence-electron chi connectivity index (χ1n) is 7.82. The zero-order valence-electron chi connectivity index (χ0n) is 14.2. The average Bonchev–Trinajstić information content (AvgIpc) is 2.26. The van der Waals surface area contributed by atoms with Crippen molar-refractivity contribution in [1.82, 2.24) is 5.32 Å². The number of hydrogen-bond acceptors (Lipinski definition) is 2. The largest absolute Gasteiger partial charge is 0.384 e. The van der Waals surface area contributed by atoms with E-state index in [0.29, 0.717) is 10.8 Å². The maximum Gasteiger partial charge on any atom is 0.0530 e. The first-order valence-corrected chi connectivity index (χ1v) is 7.82. The van der Waals surface area contributed by atoms with Crippen LogP contribution in [0.4, 0.5) is 0 Å². The molecule has 0 radical (unpaired) electrons. The molecule has 19 heavy (non-hydrogen) atoms. The summed E-state index contributed by atoms with van der Waals surface area (Å²) in [6, 6.07) is 0. The van der Waals surface area contributed by atoms with E-state index in [1.807, 2.05) is 7.11 Å². The van der Waals surface area contributed by atoms with Crippen LogP contribution in [0.1, 0.15) is 67.2 Å². The summed E-state index contributed by atoms with van der Waals surface area (Å²) in [6.45, 7) is 15.9. The third kappa shape index (κ3) is 5.43. The van der Waals surface area contributed by atoms with Crippen LogP contribution in [-0.2, 0) is 4.74 Å². The molecular formula is C17H35NO. The van der Waals surface area contributed by atoms with Crippen LogP contribution in [0.2, 0.25) is 0 Å². The lowest BCUT2D eigenvalue weighted by molar-refractivity contribution is 0.0131. The Bertz CT molecular complexity index is 264. The van der Waals surface area contributed by atoms with Crippen LogP contribution >= 0.6 is 0 Å². The smallest absolute Gasteiger partial charge is 0.0530 e. The van der Waals surface area contributed by atoms with Gasteiger partial charge in [-0.2, -0.15) is 0 Å². The topological polar surface area (TPSA) is 21.3 Å². The van der Waals surface area contributed by atoms with E-state index >= 15 is 0 Å². The van der Waals surface area contributed by atoms with Crippen molar-refractivity contribution >= 4 is 0 Å². The first kappa shape index (κ1) is 17.0. The van der Waals surface area contributed by atoms with Gasteiger partial charge < -0.3 is 10.1 Å². The minimum absolute atomic E-state index is 0.196. The van der Waals surface area contributed by atoms with Crippen LogP contribution in [-0.4, -0.2) is 25.8 Å². The summed E-state index contributed by atoms with van der Waals surface area (Å²) in [7, 11) is 1.84. The maximum atomic E-state index is 5.53. The van der Waals surface area contributed by atoms with Crippen LogP contribution in [0.3, 0.4) is 0 Å². The van der Waals surface area contributed by atoms with E-state index in [1.54, 1.807) is 0 Å². The first-order chi connectivity index (χ1) is 8.58. The normalized spacial score (nSPS) is 29.5. The summed E-state index contributed by atoms with van der Waals surface area (Å²) in [5, 5.41) is 3.69. The van der Waals surface area contributed by atoms with Crippen LogP contribution in [0.5, 0.6) is 0 Å². The molecule has 0 bridgehead atoms. The van der Waals surface area contributed by atoms with Gasteiger partial charge >= 0.3 is 0 Å². The standard InChI is InChI=1S/C17H35NO/c1-15(2,3)14-8-10-17(11-9-14,13-19-7)12-18-16(4,5)6/h14,18H,8-13H2,1-7H3. The van der Waals surface area contributed by atoms with Crippen molar-refractivity contribution < 1.29 is 4.74 Å². The molecule has 1 N–H and O–H groups in total. The Hall–Kier alpha value is -0.0800. The molecule has 1 rings (SSSR count). The second kappa shape index (κ2) is 6.13. The van der Waals surface area contributed by atoms with Crippen LogP contribution in [0, 0.1) is 16.7 Å². The molecular weight excluding hydrogens is 234 g/mol. The molecule has 1 fully saturated rings. The summed E-state index contributed by atoms with van der Waals surface area (Å²) in [5.74, 6) is 0.868. The van der Waals surface area contributed by atoms with Gasteiger partial charge in [0.2, 0.25) is 0 Å². The Morgan fingerprint density at radius 1 is 1.05 bits per heavy atom. The molecule has 0 spiro atoms. The molecule has 0 aromatic heterocycles. The lowest BCUT2D eigenvalue weighted by atomic mass is 9.64. The Morgan fingerprint density at radius 3 is 1.95 bits per heavy atom. The molecule has 0 atom stereocenters. The van der Waals surface area contributed by atoms with Crippen molar-refractivity contribution in [1.29, 1.82) is 0 Å². The van der Waals surface area contributed by atoms with E-state index in [2.05, 4.69) is 46.9 Å². The minimum Gasteiger partial charge on any atom is -0.384 e. The number of rotatable bonds is 4. The molecule has 0 aromatic rings. The zero-order chi connectivity index (χ0) is 14.7. The summed E-state index contributed by atoms with van der Waals surface area (Å²) in [5.41, 5.74) is 1.00. The SMILES string of the molecule is COCC1(CNC(C)(C)C)CCC(C(C)(C)C)CC1. The van der Waals surface area contributed by atoms with Crippen molar-refractivity contribution in [3.05, 3.63) is 0 Å². The highest BCUT2D eigenvalue weighted by atomic mass is 16.5. The lowest BCUT2D eigenvalue weighted by Crippen LogP contribution is -2.48. The van der Waals surface area contributed by atoms with Gasteiger partial charge in [0.1, 0.15) is 0 Å². The molecule has 0 amide bonds. The van der Waals surface area contributed by atoms with E-state index < -0.39 is 0 Å². The number of hydrogen-bond donors (Lipinski definition) is 1. The fourth-order valence-corrected chi connectivity index (χ4v) is 3.23. The molecule has 0 unspecified atom stereocenters. The van der Waals surface area contributed by atoms with E-state index in [4.69, 9.17) is 4.74 Å². The van der Waals surface area contributed by atoms with Gasteiger partial charge in [-0.25, -0.2) is 0 Å². The third-order valence-corrected chi connectivity index (χ3v) is 4.72. The Kier molecular flexibility index (Phi) is 5.48. The van der Waals surface area contributed by atoms with E-state index in [0.717, 1.165) is 19.1 Å². The molecule has 0 aliphatic heterocycles. The molecule has 0 aromatic carbocycles. The fourth-order valence-electron chi connectivity index (χ4n) is 3.23. The Balaban J connectivity index is 2.61. The summed E-state index contributed by atoms with van der Waals surface area (Å²) in [6.07, 6.45) is 5.29. The van der Waals surface area contributed by atoms with Crippen molar-refractivity contribution in [2.45, 2.75) is 72.8 Å². The van der Waals surface area contributed by atoms with E-state index in [-0.39, 0.29) is 5.54 Å². The molecule has 0 heterocycles. The van der Waals surface area contributed by atoms with Crippen molar-refractivity contribution in [3.63, 3.8) is 0 Å². The van der Waals surface area contributed by atoms with E-state index in [1.165, 1.54) is 25.7 Å². The van der Waals surface area contributed by atoms with Crippen molar-refractivity contribution in [2.75, 3.05) is 20.3 Å². The summed E-state index contributed by atoms with van der Waals surface area (Å²) >= 11 is 0. The third-order valence-electron chi connectivity index (χ3n) is 4.72.